The fourth-order valence-electron chi connectivity index (χ4n) is 2.63. The third-order valence-corrected chi connectivity index (χ3v) is 4.58. The van der Waals surface area contributed by atoms with Crippen molar-refractivity contribution in [3.05, 3.63) is 28.8 Å². The lowest BCUT2D eigenvalue weighted by Gasteiger charge is -2.36. The Kier molecular flexibility index (Phi) is 4.87. The van der Waals surface area contributed by atoms with Crippen LogP contribution in [0.15, 0.2) is 18.2 Å². The largest absolute Gasteiger partial charge is 0.326 e. The molecule has 1 saturated heterocycles. The monoisotopic (exact) mass is 305 g/mol. The normalized spacial score (nSPS) is 18.9. The van der Waals surface area contributed by atoms with Crippen molar-refractivity contribution in [3.63, 3.8) is 0 Å². The molecule has 21 heavy (non-hydrogen) atoms. The Morgan fingerprint density at radius 3 is 2.90 bits per heavy atom. The molecule has 2 N–H and O–H groups in total. The van der Waals surface area contributed by atoms with Gasteiger partial charge in [-0.1, -0.05) is 25.4 Å². The number of nitrogens with one attached hydrogen (secondary N) is 2. The number of hydrogen-bond acceptors (Lipinski definition) is 3. The van der Waals surface area contributed by atoms with Crippen molar-refractivity contribution in [1.82, 2.24) is 5.32 Å². The standard InChI is InChI=1S/C16H20ClN3O/c1-16(2,12-4-3-7-19-10-12)15(21)20-13-5-6-14(17)11(8-13)9-18/h5-6,8,12,19H,3-4,7,10H2,1-2H3,(H,20,21). The highest BCUT2D eigenvalue weighted by Gasteiger charge is 2.37. The Balaban J connectivity index is 2.11. The molecule has 1 amide bonds. The quantitative estimate of drug-likeness (QED) is 0.901. The number of carbonyl (C=O) groups excluding carboxylic acids is 1. The van der Waals surface area contributed by atoms with Gasteiger partial charge < -0.3 is 10.6 Å². The fraction of sp³-hybridized carbons (Fsp3) is 0.500. The van der Waals surface area contributed by atoms with E-state index in [-0.39, 0.29) is 5.91 Å². The molecule has 2 rings (SSSR count). The first kappa shape index (κ1) is 15.8. The minimum absolute atomic E-state index is 0.0255. The van der Waals surface area contributed by atoms with Crippen LogP contribution in [0.3, 0.4) is 0 Å². The molecule has 1 atom stereocenters. The summed E-state index contributed by atoms with van der Waals surface area (Å²) < 4.78 is 0. The molecule has 1 aliphatic heterocycles. The van der Waals surface area contributed by atoms with E-state index < -0.39 is 5.41 Å². The van der Waals surface area contributed by atoms with Crippen molar-refractivity contribution in [2.75, 3.05) is 18.4 Å². The highest BCUT2D eigenvalue weighted by atomic mass is 35.5. The maximum Gasteiger partial charge on any atom is 0.230 e. The summed E-state index contributed by atoms with van der Waals surface area (Å²) in [6, 6.07) is 6.97. The predicted octanol–water partition coefficient (Wildman–Crippen LogP) is 3.18. The van der Waals surface area contributed by atoms with Gasteiger partial charge in [-0.2, -0.15) is 5.26 Å². The van der Waals surface area contributed by atoms with E-state index in [0.717, 1.165) is 25.9 Å². The van der Waals surface area contributed by atoms with Crippen LogP contribution in [0.25, 0.3) is 0 Å². The van der Waals surface area contributed by atoms with Gasteiger partial charge >= 0.3 is 0 Å². The molecule has 1 heterocycles. The van der Waals surface area contributed by atoms with Gasteiger partial charge in [0.1, 0.15) is 6.07 Å². The van der Waals surface area contributed by atoms with Gasteiger partial charge in [-0.3, -0.25) is 4.79 Å². The molecular weight excluding hydrogens is 286 g/mol. The van der Waals surface area contributed by atoms with Gasteiger partial charge in [-0.05, 0) is 50.0 Å². The van der Waals surface area contributed by atoms with Gasteiger partial charge in [-0.15, -0.1) is 0 Å². The molecule has 112 valence electrons. The van der Waals surface area contributed by atoms with E-state index in [1.54, 1.807) is 18.2 Å². The van der Waals surface area contributed by atoms with Crippen LogP contribution in [0.1, 0.15) is 32.3 Å². The minimum atomic E-state index is -0.458. The van der Waals surface area contributed by atoms with Crippen molar-refractivity contribution >= 4 is 23.2 Å². The highest BCUT2D eigenvalue weighted by molar-refractivity contribution is 6.31. The Hall–Kier alpha value is -1.57. The predicted molar refractivity (Wildman–Crippen MR) is 84.2 cm³/mol. The molecule has 5 heteroatoms. The number of hydrogen-bond donors (Lipinski definition) is 2. The van der Waals surface area contributed by atoms with Crippen LogP contribution in [0, 0.1) is 22.7 Å². The molecule has 1 aromatic rings. The lowest BCUT2D eigenvalue weighted by atomic mass is 9.74. The molecule has 0 aliphatic carbocycles. The summed E-state index contributed by atoms with van der Waals surface area (Å²) in [6.45, 7) is 5.84. The van der Waals surface area contributed by atoms with E-state index >= 15 is 0 Å². The minimum Gasteiger partial charge on any atom is -0.326 e. The highest BCUT2D eigenvalue weighted by Crippen LogP contribution is 2.33. The van der Waals surface area contributed by atoms with Gasteiger partial charge in [0, 0.05) is 11.1 Å². The van der Waals surface area contributed by atoms with E-state index in [2.05, 4.69) is 10.6 Å². The van der Waals surface area contributed by atoms with Gasteiger partial charge in [-0.25, -0.2) is 0 Å². The lowest BCUT2D eigenvalue weighted by Crippen LogP contribution is -2.44. The summed E-state index contributed by atoms with van der Waals surface area (Å²) in [5.41, 5.74) is 0.518. The Labute approximate surface area is 130 Å². The fourth-order valence-corrected chi connectivity index (χ4v) is 2.79. The molecule has 0 spiro atoms. The Morgan fingerprint density at radius 2 is 2.29 bits per heavy atom. The number of nitrogens with zero attached hydrogens (tertiary/aromatic N) is 1. The summed E-state index contributed by atoms with van der Waals surface area (Å²) in [6.07, 6.45) is 2.15. The molecule has 1 unspecified atom stereocenters. The molecule has 1 aliphatic rings. The smallest absolute Gasteiger partial charge is 0.230 e. The molecule has 0 bridgehead atoms. The van der Waals surface area contributed by atoms with E-state index in [1.165, 1.54) is 0 Å². The summed E-state index contributed by atoms with van der Waals surface area (Å²) in [7, 11) is 0. The second-order valence-electron chi connectivity index (χ2n) is 6.03. The lowest BCUT2D eigenvalue weighted by molar-refractivity contribution is -0.127. The number of carbonyl (C=O) groups is 1. The SMILES string of the molecule is CC(C)(C(=O)Nc1ccc(Cl)c(C#N)c1)C1CCCNC1. The molecule has 0 saturated carbocycles. The van der Waals surface area contributed by atoms with Crippen molar-refractivity contribution in [1.29, 1.82) is 5.26 Å². The molecule has 1 aromatic carbocycles. The summed E-state index contributed by atoms with van der Waals surface area (Å²) in [5.74, 6) is 0.288. The Bertz CT molecular complexity index is 571. The first-order valence-corrected chi connectivity index (χ1v) is 7.54. The van der Waals surface area contributed by atoms with Crippen LogP contribution in [-0.4, -0.2) is 19.0 Å². The summed E-state index contributed by atoms with van der Waals surface area (Å²) >= 11 is 5.90. The first-order chi connectivity index (χ1) is 9.95. The number of nitriles is 1. The van der Waals surface area contributed by atoms with Gasteiger partial charge in [0.05, 0.1) is 10.6 Å². The number of halogens is 1. The van der Waals surface area contributed by atoms with Gasteiger partial charge in [0.25, 0.3) is 0 Å². The van der Waals surface area contributed by atoms with Gasteiger partial charge in [0.2, 0.25) is 5.91 Å². The van der Waals surface area contributed by atoms with Crippen molar-refractivity contribution in [3.8, 4) is 6.07 Å². The number of amides is 1. The zero-order valence-corrected chi connectivity index (χ0v) is 13.1. The molecule has 4 nitrogen and oxygen atoms in total. The van der Waals surface area contributed by atoms with Crippen LogP contribution >= 0.6 is 11.6 Å². The third kappa shape index (κ3) is 3.55. The first-order valence-electron chi connectivity index (χ1n) is 7.17. The second kappa shape index (κ2) is 6.46. The van der Waals surface area contributed by atoms with Crippen LogP contribution < -0.4 is 10.6 Å². The average molecular weight is 306 g/mol. The van der Waals surface area contributed by atoms with E-state index in [0.29, 0.717) is 22.2 Å². The van der Waals surface area contributed by atoms with E-state index in [9.17, 15) is 4.79 Å². The molecule has 0 aromatic heterocycles. The number of piperidine rings is 1. The molecule has 1 fully saturated rings. The number of anilines is 1. The van der Waals surface area contributed by atoms with E-state index in [1.807, 2.05) is 19.9 Å². The molecular formula is C16H20ClN3O. The summed E-state index contributed by atoms with van der Waals surface area (Å²) in [5, 5.41) is 15.6. The van der Waals surface area contributed by atoms with Crippen LogP contribution in [-0.2, 0) is 4.79 Å². The van der Waals surface area contributed by atoms with Crippen molar-refractivity contribution in [2.24, 2.45) is 11.3 Å². The van der Waals surface area contributed by atoms with Crippen LogP contribution in [0.4, 0.5) is 5.69 Å². The second-order valence-corrected chi connectivity index (χ2v) is 6.43. The topological polar surface area (TPSA) is 64.9 Å². The van der Waals surface area contributed by atoms with Crippen LogP contribution in [0.2, 0.25) is 5.02 Å². The van der Waals surface area contributed by atoms with Crippen molar-refractivity contribution in [2.45, 2.75) is 26.7 Å². The third-order valence-electron chi connectivity index (χ3n) is 4.25. The number of rotatable bonds is 3. The van der Waals surface area contributed by atoms with Gasteiger partial charge in [0.15, 0.2) is 0 Å². The molecule has 0 radical (unpaired) electrons. The zero-order chi connectivity index (χ0) is 15.5. The van der Waals surface area contributed by atoms with Crippen molar-refractivity contribution < 1.29 is 4.79 Å². The maximum absolute atomic E-state index is 12.6. The average Bonchev–Trinajstić information content (AvgIpc) is 2.50. The Morgan fingerprint density at radius 1 is 1.52 bits per heavy atom. The summed E-state index contributed by atoms with van der Waals surface area (Å²) in [4.78, 5) is 12.6. The zero-order valence-electron chi connectivity index (χ0n) is 12.4. The number of benzene rings is 1. The van der Waals surface area contributed by atoms with E-state index in [4.69, 9.17) is 16.9 Å². The van der Waals surface area contributed by atoms with Crippen LogP contribution in [0.5, 0.6) is 0 Å². The maximum atomic E-state index is 12.6.